The summed E-state index contributed by atoms with van der Waals surface area (Å²) in [6, 6.07) is 10.5. The van der Waals surface area contributed by atoms with Crippen molar-refractivity contribution in [2.24, 2.45) is 0 Å². The van der Waals surface area contributed by atoms with Crippen LogP contribution < -0.4 is 4.74 Å². The van der Waals surface area contributed by atoms with E-state index in [0.717, 1.165) is 5.75 Å². The Morgan fingerprint density at radius 2 is 1.86 bits per heavy atom. The van der Waals surface area contributed by atoms with Crippen molar-refractivity contribution in [2.75, 3.05) is 7.11 Å². The summed E-state index contributed by atoms with van der Waals surface area (Å²) < 4.78 is 7.71. The van der Waals surface area contributed by atoms with Crippen molar-refractivity contribution in [3.05, 3.63) is 37.5 Å². The van der Waals surface area contributed by atoms with Crippen LogP contribution in [-0.2, 0) is 0 Å². The number of halogens is 2. The van der Waals surface area contributed by atoms with Crippen molar-refractivity contribution >= 4 is 56.0 Å². The summed E-state index contributed by atoms with van der Waals surface area (Å²) >= 11 is 4.65. The van der Waals surface area contributed by atoms with Crippen molar-refractivity contribution < 1.29 is 4.74 Å². The number of hydrogen-bond donors (Lipinski definition) is 0. The van der Waals surface area contributed by atoms with Gasteiger partial charge in [-0.2, -0.15) is 0 Å². The fourth-order valence-electron chi connectivity index (χ4n) is 1.40. The second-order valence-electron chi connectivity index (χ2n) is 2.95. The summed E-state index contributed by atoms with van der Waals surface area (Å²) in [5.41, 5.74) is 0. The van der Waals surface area contributed by atoms with Crippen LogP contribution in [0.3, 0.4) is 0 Å². The Kier molecular flexibility index (Phi) is 3.16. The molecule has 0 spiro atoms. The molecule has 0 saturated carbocycles. The molecule has 2 rings (SSSR count). The van der Waals surface area contributed by atoms with E-state index < -0.39 is 0 Å². The van der Waals surface area contributed by atoms with Crippen LogP contribution in [0, 0.1) is 7.14 Å². The minimum atomic E-state index is 0.944. The third-order valence-corrected chi connectivity index (χ3v) is 3.88. The first-order valence-corrected chi connectivity index (χ1v) is 6.30. The maximum absolute atomic E-state index is 5.27. The van der Waals surface area contributed by atoms with Gasteiger partial charge in [-0.3, -0.25) is 0 Å². The standard InChI is InChI=1S/C11H8I2O/c1-14-10-5-2-7-6-8(12)3-4-9(7)11(10)13/h2-6H,1H3. The highest BCUT2D eigenvalue weighted by Crippen LogP contribution is 2.29. The molecule has 0 heterocycles. The van der Waals surface area contributed by atoms with Crippen molar-refractivity contribution in [1.29, 1.82) is 0 Å². The molecule has 0 amide bonds. The highest BCUT2D eigenvalue weighted by Gasteiger charge is 2.04. The van der Waals surface area contributed by atoms with Crippen LogP contribution in [0.1, 0.15) is 0 Å². The Hall–Kier alpha value is -0.0400. The maximum atomic E-state index is 5.27. The number of hydrogen-bond acceptors (Lipinski definition) is 1. The number of fused-ring (bicyclic) bond motifs is 1. The molecule has 1 nitrogen and oxygen atoms in total. The fraction of sp³-hybridized carbons (Fsp3) is 0.0909. The number of ether oxygens (including phenoxy) is 1. The molecule has 0 aromatic heterocycles. The molecule has 0 aliphatic heterocycles. The summed E-state index contributed by atoms with van der Waals surface area (Å²) in [7, 11) is 1.70. The Bertz CT molecular complexity index is 480. The minimum absolute atomic E-state index is 0.944. The maximum Gasteiger partial charge on any atom is 0.132 e. The molecule has 72 valence electrons. The van der Waals surface area contributed by atoms with Gasteiger partial charge in [0.25, 0.3) is 0 Å². The quantitative estimate of drug-likeness (QED) is 0.645. The van der Waals surface area contributed by atoms with E-state index in [1.165, 1.54) is 17.9 Å². The number of benzene rings is 2. The van der Waals surface area contributed by atoms with Crippen LogP contribution in [0.15, 0.2) is 30.3 Å². The van der Waals surface area contributed by atoms with Crippen molar-refractivity contribution in [2.45, 2.75) is 0 Å². The van der Waals surface area contributed by atoms with Gasteiger partial charge in [0, 0.05) is 3.57 Å². The summed E-state index contributed by atoms with van der Waals surface area (Å²) in [6.45, 7) is 0. The van der Waals surface area contributed by atoms with Gasteiger partial charge in [0.15, 0.2) is 0 Å². The topological polar surface area (TPSA) is 9.23 Å². The van der Waals surface area contributed by atoms with E-state index in [9.17, 15) is 0 Å². The molecule has 14 heavy (non-hydrogen) atoms. The third-order valence-electron chi connectivity index (χ3n) is 2.10. The predicted molar refractivity (Wildman–Crippen MR) is 75.9 cm³/mol. The van der Waals surface area contributed by atoms with Crippen molar-refractivity contribution in [1.82, 2.24) is 0 Å². The molecule has 0 bridgehead atoms. The molecule has 0 unspecified atom stereocenters. The van der Waals surface area contributed by atoms with Gasteiger partial charge in [-0.25, -0.2) is 0 Å². The third kappa shape index (κ3) is 1.84. The average molecular weight is 410 g/mol. The molecule has 0 aliphatic rings. The van der Waals surface area contributed by atoms with E-state index >= 15 is 0 Å². The summed E-state index contributed by atoms with van der Waals surface area (Å²) in [6.07, 6.45) is 0. The van der Waals surface area contributed by atoms with Crippen molar-refractivity contribution in [3.63, 3.8) is 0 Å². The van der Waals surface area contributed by atoms with Crippen LogP contribution in [0.25, 0.3) is 10.8 Å². The second-order valence-corrected chi connectivity index (χ2v) is 5.27. The van der Waals surface area contributed by atoms with Crippen molar-refractivity contribution in [3.8, 4) is 5.75 Å². The van der Waals surface area contributed by atoms with Gasteiger partial charge in [-0.1, -0.05) is 12.1 Å². The Morgan fingerprint density at radius 1 is 1.07 bits per heavy atom. The Labute approximate surface area is 110 Å². The largest absolute Gasteiger partial charge is 0.496 e. The van der Waals surface area contributed by atoms with Crippen LogP contribution in [-0.4, -0.2) is 7.11 Å². The molecular weight excluding hydrogens is 402 g/mol. The fourth-order valence-corrected chi connectivity index (χ4v) is 2.81. The van der Waals surface area contributed by atoms with E-state index in [0.29, 0.717) is 0 Å². The van der Waals surface area contributed by atoms with Gasteiger partial charge in [0.2, 0.25) is 0 Å². The molecule has 2 aromatic rings. The lowest BCUT2D eigenvalue weighted by molar-refractivity contribution is 0.412. The molecule has 0 N–H and O–H groups in total. The number of rotatable bonds is 1. The zero-order valence-electron chi connectivity index (χ0n) is 7.55. The van der Waals surface area contributed by atoms with Crippen LogP contribution in [0.2, 0.25) is 0 Å². The molecular formula is C11H8I2O. The van der Waals surface area contributed by atoms with Gasteiger partial charge in [0.05, 0.1) is 10.7 Å². The molecule has 0 aliphatic carbocycles. The lowest BCUT2D eigenvalue weighted by Crippen LogP contribution is -1.88. The second kappa shape index (κ2) is 4.22. The molecule has 0 atom stereocenters. The van der Waals surface area contributed by atoms with Gasteiger partial charge < -0.3 is 4.74 Å². The van der Waals surface area contributed by atoms with Crippen LogP contribution in [0.5, 0.6) is 5.75 Å². The van der Waals surface area contributed by atoms with E-state index in [-0.39, 0.29) is 0 Å². The van der Waals surface area contributed by atoms with Crippen LogP contribution in [0.4, 0.5) is 0 Å². The Morgan fingerprint density at radius 3 is 2.57 bits per heavy atom. The zero-order chi connectivity index (χ0) is 10.1. The lowest BCUT2D eigenvalue weighted by atomic mass is 10.1. The SMILES string of the molecule is COc1ccc2cc(I)ccc2c1I. The van der Waals surface area contributed by atoms with E-state index in [4.69, 9.17) is 4.74 Å². The average Bonchev–Trinajstić information content (AvgIpc) is 2.18. The van der Waals surface area contributed by atoms with E-state index in [2.05, 4.69) is 69.4 Å². The lowest BCUT2D eigenvalue weighted by Gasteiger charge is -2.06. The molecule has 0 radical (unpaired) electrons. The molecule has 2 aromatic carbocycles. The monoisotopic (exact) mass is 410 g/mol. The highest BCUT2D eigenvalue weighted by atomic mass is 127. The Balaban J connectivity index is 2.77. The predicted octanol–water partition coefficient (Wildman–Crippen LogP) is 4.06. The van der Waals surface area contributed by atoms with Gasteiger partial charge in [0.1, 0.15) is 5.75 Å². The molecule has 3 heteroatoms. The number of methoxy groups -OCH3 is 1. The summed E-state index contributed by atoms with van der Waals surface area (Å²) in [5.74, 6) is 0.944. The smallest absolute Gasteiger partial charge is 0.132 e. The van der Waals surface area contributed by atoms with Gasteiger partial charge in [-0.05, 0) is 74.2 Å². The minimum Gasteiger partial charge on any atom is -0.496 e. The highest BCUT2D eigenvalue weighted by molar-refractivity contribution is 14.1. The molecule has 0 saturated heterocycles. The first-order chi connectivity index (χ1) is 6.72. The summed E-state index contributed by atoms with van der Waals surface area (Å²) in [5, 5.41) is 2.52. The normalized spacial score (nSPS) is 10.5. The summed E-state index contributed by atoms with van der Waals surface area (Å²) in [4.78, 5) is 0. The van der Waals surface area contributed by atoms with Gasteiger partial charge >= 0.3 is 0 Å². The molecule has 0 fully saturated rings. The van der Waals surface area contributed by atoms with Crippen LogP contribution >= 0.6 is 45.2 Å². The first kappa shape index (κ1) is 10.5. The first-order valence-electron chi connectivity index (χ1n) is 4.14. The van der Waals surface area contributed by atoms with Gasteiger partial charge in [-0.15, -0.1) is 0 Å². The van der Waals surface area contributed by atoms with E-state index in [1.807, 2.05) is 6.07 Å². The van der Waals surface area contributed by atoms with E-state index in [1.54, 1.807) is 7.11 Å². The zero-order valence-corrected chi connectivity index (χ0v) is 11.9.